The van der Waals surface area contributed by atoms with Gasteiger partial charge in [-0.2, -0.15) is 0 Å². The van der Waals surface area contributed by atoms with Crippen molar-refractivity contribution in [3.63, 3.8) is 0 Å². The minimum atomic E-state index is -2.59. The van der Waals surface area contributed by atoms with E-state index in [0.29, 0.717) is 30.8 Å². The molecule has 0 aliphatic carbocycles. The van der Waals surface area contributed by atoms with Gasteiger partial charge in [-0.05, 0) is 36.8 Å². The summed E-state index contributed by atoms with van der Waals surface area (Å²) < 4.78 is 30.9. The van der Waals surface area contributed by atoms with Crippen LogP contribution in [0.4, 0.5) is 13.6 Å². The third-order valence-electron chi connectivity index (χ3n) is 5.60. The van der Waals surface area contributed by atoms with Crippen molar-refractivity contribution in [1.82, 2.24) is 19.8 Å². The van der Waals surface area contributed by atoms with Gasteiger partial charge in [-0.15, -0.1) is 0 Å². The van der Waals surface area contributed by atoms with Gasteiger partial charge in [0.25, 0.3) is 12.3 Å². The van der Waals surface area contributed by atoms with Crippen LogP contribution in [-0.4, -0.2) is 62.6 Å². The first-order chi connectivity index (χ1) is 15.9. The Morgan fingerprint density at radius 3 is 2.67 bits per heavy atom. The molecule has 1 N–H and O–H groups in total. The summed E-state index contributed by atoms with van der Waals surface area (Å²) in [4.78, 5) is 35.7. The second kappa shape index (κ2) is 9.35. The Bertz CT molecular complexity index is 1170. The van der Waals surface area contributed by atoms with Crippen molar-refractivity contribution in [2.75, 3.05) is 19.6 Å². The number of amides is 2. The number of carboxylic acid groups (broad SMARTS) is 1. The number of ether oxygens (including phenoxy) is 1. The van der Waals surface area contributed by atoms with E-state index in [0.717, 1.165) is 11.6 Å². The highest BCUT2D eigenvalue weighted by Gasteiger charge is 2.32. The van der Waals surface area contributed by atoms with Crippen LogP contribution in [0.1, 0.15) is 35.8 Å². The quantitative estimate of drug-likeness (QED) is 0.604. The van der Waals surface area contributed by atoms with Crippen molar-refractivity contribution < 1.29 is 28.2 Å². The van der Waals surface area contributed by atoms with E-state index >= 15 is 0 Å². The zero-order valence-corrected chi connectivity index (χ0v) is 17.8. The zero-order chi connectivity index (χ0) is 23.5. The molecule has 0 saturated carbocycles. The van der Waals surface area contributed by atoms with Crippen LogP contribution >= 0.6 is 0 Å². The van der Waals surface area contributed by atoms with Crippen molar-refractivity contribution in [2.24, 2.45) is 0 Å². The molecule has 8 nitrogen and oxygen atoms in total. The Morgan fingerprint density at radius 1 is 1.18 bits per heavy atom. The maximum Gasteiger partial charge on any atom is 0.407 e. The van der Waals surface area contributed by atoms with Gasteiger partial charge in [-0.1, -0.05) is 13.0 Å². The van der Waals surface area contributed by atoms with Crippen molar-refractivity contribution in [3.05, 3.63) is 59.9 Å². The molecule has 2 aromatic heterocycles. The fraction of sp³-hybridized carbons (Fsp3) is 0.304. The van der Waals surface area contributed by atoms with E-state index in [1.165, 1.54) is 17.0 Å². The molecule has 172 valence electrons. The van der Waals surface area contributed by atoms with Crippen molar-refractivity contribution in [2.45, 2.75) is 25.8 Å². The second-order valence-electron chi connectivity index (χ2n) is 7.67. The minimum Gasteiger partial charge on any atom is -0.465 e. The summed E-state index contributed by atoms with van der Waals surface area (Å²) in [5.41, 5.74) is 0.682. The molecule has 33 heavy (non-hydrogen) atoms. The molecular formula is C23H22F2N4O4. The third-order valence-corrected chi connectivity index (χ3v) is 5.60. The Kier molecular flexibility index (Phi) is 6.34. The van der Waals surface area contributed by atoms with Crippen LogP contribution in [0.15, 0.2) is 48.7 Å². The zero-order valence-electron chi connectivity index (χ0n) is 17.8. The first kappa shape index (κ1) is 22.4. The average Bonchev–Trinajstić information content (AvgIpc) is 2.83. The summed E-state index contributed by atoms with van der Waals surface area (Å²) in [5, 5.41) is 10.0. The summed E-state index contributed by atoms with van der Waals surface area (Å²) in [6, 6.07) is 10.8. The van der Waals surface area contributed by atoms with E-state index < -0.39 is 12.5 Å². The standard InChI is InChI=1S/C23H22F2N4O4/c1-2-16-13-28(9-10-29(16)23(31)32)22(30)19-6-3-14-11-17(5-7-18(14)27-19)33-20-8-4-15(12-26-20)21(24)25/h3-8,11-12,16,21H,2,9-10,13H2,1H3,(H,31,32)/t16-/m1/s1. The second-order valence-corrected chi connectivity index (χ2v) is 7.67. The fourth-order valence-corrected chi connectivity index (χ4v) is 3.79. The molecule has 1 fully saturated rings. The van der Waals surface area contributed by atoms with E-state index in [4.69, 9.17) is 4.74 Å². The molecule has 0 radical (unpaired) electrons. The molecule has 1 aliphatic heterocycles. The smallest absolute Gasteiger partial charge is 0.407 e. The first-order valence-corrected chi connectivity index (χ1v) is 10.5. The monoisotopic (exact) mass is 456 g/mol. The number of nitrogens with zero attached hydrogens (tertiary/aromatic N) is 4. The molecule has 10 heteroatoms. The molecule has 0 unspecified atom stereocenters. The molecule has 3 heterocycles. The van der Waals surface area contributed by atoms with Crippen LogP contribution in [0, 0.1) is 0 Å². The maximum atomic E-state index is 13.0. The van der Waals surface area contributed by atoms with Crippen molar-refractivity contribution >= 4 is 22.9 Å². The number of fused-ring (bicyclic) bond motifs is 1. The van der Waals surface area contributed by atoms with E-state index in [-0.39, 0.29) is 35.6 Å². The normalized spacial score (nSPS) is 16.3. The maximum absolute atomic E-state index is 13.0. The molecular weight excluding hydrogens is 434 g/mol. The highest BCUT2D eigenvalue weighted by molar-refractivity contribution is 5.95. The van der Waals surface area contributed by atoms with Crippen LogP contribution < -0.4 is 4.74 Å². The van der Waals surface area contributed by atoms with Crippen LogP contribution in [0.25, 0.3) is 10.9 Å². The molecule has 0 spiro atoms. The van der Waals surface area contributed by atoms with Crippen molar-refractivity contribution in [1.29, 1.82) is 0 Å². The number of hydrogen-bond donors (Lipinski definition) is 1. The van der Waals surface area contributed by atoms with Gasteiger partial charge in [0.05, 0.1) is 11.6 Å². The van der Waals surface area contributed by atoms with Gasteiger partial charge in [-0.3, -0.25) is 4.79 Å². The Balaban J connectivity index is 1.48. The molecule has 0 bridgehead atoms. The predicted octanol–water partition coefficient (Wildman–Crippen LogP) is 4.57. The number of hydrogen-bond acceptors (Lipinski definition) is 5. The number of benzene rings is 1. The van der Waals surface area contributed by atoms with E-state index in [1.807, 2.05) is 6.92 Å². The molecule has 1 aliphatic rings. The molecule has 4 rings (SSSR count). The topological polar surface area (TPSA) is 95.9 Å². The van der Waals surface area contributed by atoms with Gasteiger partial charge in [-0.25, -0.2) is 23.5 Å². The molecule has 1 aromatic carbocycles. The van der Waals surface area contributed by atoms with Crippen LogP contribution in [-0.2, 0) is 0 Å². The lowest BCUT2D eigenvalue weighted by Gasteiger charge is -2.39. The van der Waals surface area contributed by atoms with Gasteiger partial charge in [0.15, 0.2) is 0 Å². The van der Waals surface area contributed by atoms with E-state index in [1.54, 1.807) is 35.2 Å². The van der Waals surface area contributed by atoms with Gasteiger partial charge in [0, 0.05) is 42.8 Å². The van der Waals surface area contributed by atoms with Gasteiger partial charge >= 0.3 is 6.09 Å². The fourth-order valence-electron chi connectivity index (χ4n) is 3.79. The van der Waals surface area contributed by atoms with Gasteiger partial charge in [0.1, 0.15) is 11.4 Å². The van der Waals surface area contributed by atoms with Gasteiger partial charge in [0.2, 0.25) is 5.88 Å². The Hall–Kier alpha value is -3.82. The molecule has 1 atom stereocenters. The number of aromatic nitrogens is 2. The number of alkyl halides is 2. The summed E-state index contributed by atoms with van der Waals surface area (Å²) in [5.74, 6) is 0.393. The lowest BCUT2D eigenvalue weighted by atomic mass is 10.1. The molecule has 2 amide bonds. The number of carbonyl (C=O) groups excluding carboxylic acids is 1. The van der Waals surface area contributed by atoms with Crippen LogP contribution in [0.5, 0.6) is 11.6 Å². The number of carbonyl (C=O) groups is 2. The summed E-state index contributed by atoms with van der Waals surface area (Å²) in [7, 11) is 0. The lowest BCUT2D eigenvalue weighted by molar-refractivity contribution is 0.0465. The number of rotatable bonds is 5. The SMILES string of the molecule is CC[C@@H]1CN(C(=O)c2ccc3cc(Oc4ccc(C(F)F)cn4)ccc3n2)CCN1C(=O)O. The first-order valence-electron chi connectivity index (χ1n) is 10.5. The van der Waals surface area contributed by atoms with Crippen LogP contribution in [0.3, 0.4) is 0 Å². The number of piperazine rings is 1. The molecule has 3 aromatic rings. The summed E-state index contributed by atoms with van der Waals surface area (Å²) in [6.45, 7) is 2.79. The van der Waals surface area contributed by atoms with Gasteiger partial charge < -0.3 is 19.6 Å². The van der Waals surface area contributed by atoms with E-state index in [9.17, 15) is 23.5 Å². The van der Waals surface area contributed by atoms with Crippen molar-refractivity contribution in [3.8, 4) is 11.6 Å². The number of pyridine rings is 2. The highest BCUT2D eigenvalue weighted by atomic mass is 19.3. The largest absolute Gasteiger partial charge is 0.465 e. The number of halogens is 2. The van der Waals surface area contributed by atoms with Crippen LogP contribution in [0.2, 0.25) is 0 Å². The average molecular weight is 456 g/mol. The highest BCUT2D eigenvalue weighted by Crippen LogP contribution is 2.26. The Morgan fingerprint density at radius 2 is 2.00 bits per heavy atom. The van der Waals surface area contributed by atoms with E-state index in [2.05, 4.69) is 9.97 Å². The predicted molar refractivity (Wildman–Crippen MR) is 116 cm³/mol. The third kappa shape index (κ3) is 4.84. The lowest BCUT2D eigenvalue weighted by Crippen LogP contribution is -2.56. The molecule has 1 saturated heterocycles. The minimum absolute atomic E-state index is 0.183. The summed E-state index contributed by atoms with van der Waals surface area (Å²) in [6.07, 6.45) is -1.89. The summed E-state index contributed by atoms with van der Waals surface area (Å²) >= 11 is 0. The Labute approximate surface area is 188 Å².